The first-order valence-corrected chi connectivity index (χ1v) is 5.78. The number of hydrogen-bond acceptors (Lipinski definition) is 3. The molecule has 5 nitrogen and oxygen atoms in total. The minimum absolute atomic E-state index is 0.407. The Bertz CT molecular complexity index is 245. The smallest absolute Gasteiger partial charge is 0.329 e. The molecule has 1 rings (SSSR count). The van der Waals surface area contributed by atoms with Crippen molar-refractivity contribution in [3.05, 3.63) is 0 Å². The summed E-state index contributed by atoms with van der Waals surface area (Å²) >= 11 is 0. The molecule has 0 aromatic heterocycles. The van der Waals surface area contributed by atoms with E-state index in [-0.39, 0.29) is 0 Å². The first-order chi connectivity index (χ1) is 5.96. The Morgan fingerprint density at radius 3 is 2.54 bits per heavy atom. The van der Waals surface area contributed by atoms with Crippen LogP contribution in [0.4, 0.5) is 0 Å². The summed E-state index contributed by atoms with van der Waals surface area (Å²) in [5.41, 5.74) is -0.833. The molecule has 0 amide bonds. The molecule has 2 atom stereocenters. The van der Waals surface area contributed by atoms with Crippen LogP contribution in [-0.2, 0) is 14.1 Å². The van der Waals surface area contributed by atoms with E-state index in [1.54, 1.807) is 0 Å². The molecule has 1 aliphatic carbocycles. The summed E-state index contributed by atoms with van der Waals surface area (Å²) < 4.78 is 15.4. The summed E-state index contributed by atoms with van der Waals surface area (Å²) in [6.45, 7) is 0. The molecule has 76 valence electrons. The van der Waals surface area contributed by atoms with Gasteiger partial charge in [-0.3, -0.25) is 9.36 Å². The van der Waals surface area contributed by atoms with Crippen molar-refractivity contribution in [2.75, 3.05) is 7.11 Å². The number of carbonyl (C=O) groups is 1. The topological polar surface area (TPSA) is 83.8 Å². The third kappa shape index (κ3) is 2.30. The van der Waals surface area contributed by atoms with Crippen LogP contribution in [0.1, 0.15) is 19.3 Å². The van der Waals surface area contributed by atoms with Crippen molar-refractivity contribution >= 4 is 13.6 Å². The lowest BCUT2D eigenvalue weighted by Gasteiger charge is -2.18. The van der Waals surface area contributed by atoms with Crippen LogP contribution in [0.3, 0.4) is 0 Å². The van der Waals surface area contributed by atoms with Crippen molar-refractivity contribution in [2.45, 2.75) is 24.9 Å². The second kappa shape index (κ2) is 3.78. The lowest BCUT2D eigenvalue weighted by atomic mass is 10.1. The van der Waals surface area contributed by atoms with Gasteiger partial charge in [0.15, 0.2) is 0 Å². The Morgan fingerprint density at radius 1 is 1.46 bits per heavy atom. The second-order valence-corrected chi connectivity index (χ2v) is 5.06. The van der Waals surface area contributed by atoms with Gasteiger partial charge in [-0.15, -0.1) is 0 Å². The van der Waals surface area contributed by atoms with E-state index in [2.05, 4.69) is 4.74 Å². The van der Waals surface area contributed by atoms with Crippen molar-refractivity contribution < 1.29 is 23.9 Å². The van der Waals surface area contributed by atoms with Crippen LogP contribution in [0.25, 0.3) is 0 Å². The highest BCUT2D eigenvalue weighted by Crippen LogP contribution is 2.52. The maximum atomic E-state index is 11.1. The van der Waals surface area contributed by atoms with Gasteiger partial charge in [0.05, 0.1) is 18.7 Å². The molecule has 0 radical (unpaired) electrons. The highest BCUT2D eigenvalue weighted by atomic mass is 31.2. The van der Waals surface area contributed by atoms with Crippen LogP contribution in [0.15, 0.2) is 0 Å². The zero-order chi connectivity index (χ0) is 10.1. The predicted octanol–water partition coefficient (Wildman–Crippen LogP) is 0.506. The largest absolute Gasteiger partial charge is 0.469 e. The fourth-order valence-electron chi connectivity index (χ4n) is 1.77. The second-order valence-electron chi connectivity index (χ2n) is 3.22. The zero-order valence-electron chi connectivity index (χ0n) is 7.34. The molecule has 0 aliphatic heterocycles. The molecule has 13 heavy (non-hydrogen) atoms. The first-order valence-electron chi connectivity index (χ1n) is 4.10. The number of carbonyl (C=O) groups excluding carboxylic acids is 1. The Morgan fingerprint density at radius 2 is 2.08 bits per heavy atom. The third-order valence-corrected chi connectivity index (χ3v) is 3.90. The molecule has 1 fully saturated rings. The summed E-state index contributed by atoms with van der Waals surface area (Å²) in [6.07, 6.45) is 1.60. The van der Waals surface area contributed by atoms with Crippen molar-refractivity contribution in [2.24, 2.45) is 5.92 Å². The van der Waals surface area contributed by atoms with Gasteiger partial charge in [0.25, 0.3) is 0 Å². The van der Waals surface area contributed by atoms with E-state index in [1.165, 1.54) is 7.11 Å². The molecule has 2 N–H and O–H groups in total. The molecule has 6 heteroatoms. The van der Waals surface area contributed by atoms with E-state index in [0.717, 1.165) is 0 Å². The van der Waals surface area contributed by atoms with Crippen molar-refractivity contribution in [1.29, 1.82) is 0 Å². The van der Waals surface area contributed by atoms with Gasteiger partial charge in [-0.25, -0.2) is 0 Å². The Labute approximate surface area is 76.2 Å². The summed E-state index contributed by atoms with van der Waals surface area (Å²) in [6, 6.07) is 0. The number of rotatable bonds is 2. The molecule has 0 heterocycles. The molecule has 0 saturated heterocycles. The van der Waals surface area contributed by atoms with E-state index < -0.39 is 25.1 Å². The molecule has 1 saturated carbocycles. The molecule has 0 aromatic rings. The van der Waals surface area contributed by atoms with E-state index >= 15 is 0 Å². The molecule has 0 aromatic carbocycles. The van der Waals surface area contributed by atoms with E-state index in [0.29, 0.717) is 19.3 Å². The van der Waals surface area contributed by atoms with Gasteiger partial charge in [0, 0.05) is 0 Å². The van der Waals surface area contributed by atoms with Crippen LogP contribution < -0.4 is 0 Å². The Kier molecular flexibility index (Phi) is 3.11. The summed E-state index contributed by atoms with van der Waals surface area (Å²) in [4.78, 5) is 29.0. The zero-order valence-corrected chi connectivity index (χ0v) is 8.24. The highest BCUT2D eigenvalue weighted by molar-refractivity contribution is 7.52. The van der Waals surface area contributed by atoms with Gasteiger partial charge in [-0.05, 0) is 12.8 Å². The van der Waals surface area contributed by atoms with Crippen LogP contribution in [0.2, 0.25) is 0 Å². The van der Waals surface area contributed by atoms with Gasteiger partial charge >= 0.3 is 13.6 Å². The van der Waals surface area contributed by atoms with Crippen molar-refractivity contribution in [3.63, 3.8) is 0 Å². The van der Waals surface area contributed by atoms with Gasteiger partial charge in [0.1, 0.15) is 0 Å². The Hall–Kier alpha value is -0.380. The summed E-state index contributed by atoms with van der Waals surface area (Å²) in [5, 5.41) is 0. The van der Waals surface area contributed by atoms with E-state index in [9.17, 15) is 9.36 Å². The van der Waals surface area contributed by atoms with Gasteiger partial charge < -0.3 is 14.5 Å². The molecular weight excluding hydrogens is 195 g/mol. The fourth-order valence-corrected chi connectivity index (χ4v) is 3.03. The molecular formula is C7H13O5P. The van der Waals surface area contributed by atoms with E-state index in [1.807, 2.05) is 0 Å². The summed E-state index contributed by atoms with van der Waals surface area (Å²) in [7, 11) is -2.90. The number of ether oxygens (including phenoxy) is 1. The number of hydrogen-bond donors (Lipinski definition) is 2. The highest BCUT2D eigenvalue weighted by Gasteiger charge is 2.43. The van der Waals surface area contributed by atoms with Crippen molar-refractivity contribution in [1.82, 2.24) is 0 Å². The Balaban J connectivity index is 2.75. The normalized spacial score (nSPS) is 28.8. The lowest BCUT2D eigenvalue weighted by Crippen LogP contribution is -2.24. The van der Waals surface area contributed by atoms with Gasteiger partial charge in [0.2, 0.25) is 0 Å². The summed E-state index contributed by atoms with van der Waals surface area (Å²) in [5.74, 6) is -1.13. The van der Waals surface area contributed by atoms with E-state index in [4.69, 9.17) is 9.79 Å². The van der Waals surface area contributed by atoms with Gasteiger partial charge in [-0.1, -0.05) is 6.42 Å². The standard InChI is InChI=1S/C7H13O5P/c1-12-7(8)5-3-2-4-6(5)13(9,10)11/h5-6H,2-4H2,1H3,(H2,9,10,11). The fraction of sp³-hybridized carbons (Fsp3) is 0.857. The molecule has 2 unspecified atom stereocenters. The minimum atomic E-state index is -4.14. The van der Waals surface area contributed by atoms with Crippen LogP contribution in [0, 0.1) is 5.92 Å². The average Bonchev–Trinajstić information content (AvgIpc) is 2.49. The molecule has 1 aliphatic rings. The molecule has 0 bridgehead atoms. The quantitative estimate of drug-likeness (QED) is 0.510. The number of esters is 1. The average molecular weight is 208 g/mol. The third-order valence-electron chi connectivity index (χ3n) is 2.42. The lowest BCUT2D eigenvalue weighted by molar-refractivity contribution is -0.145. The van der Waals surface area contributed by atoms with Crippen molar-refractivity contribution in [3.8, 4) is 0 Å². The maximum absolute atomic E-state index is 11.1. The monoisotopic (exact) mass is 208 g/mol. The minimum Gasteiger partial charge on any atom is -0.469 e. The van der Waals surface area contributed by atoms with Crippen LogP contribution in [0.5, 0.6) is 0 Å². The van der Waals surface area contributed by atoms with Crippen LogP contribution in [-0.4, -0.2) is 28.5 Å². The first kappa shape index (κ1) is 10.7. The van der Waals surface area contributed by atoms with Gasteiger partial charge in [-0.2, -0.15) is 0 Å². The van der Waals surface area contributed by atoms with Crippen LogP contribution >= 0.6 is 7.60 Å². The SMILES string of the molecule is COC(=O)C1CCCC1P(=O)(O)O. The maximum Gasteiger partial charge on any atom is 0.329 e. The number of methoxy groups -OCH3 is 1. The molecule has 0 spiro atoms. The predicted molar refractivity (Wildman–Crippen MR) is 45.2 cm³/mol.